The van der Waals surface area contributed by atoms with Crippen molar-refractivity contribution in [3.05, 3.63) is 83.7 Å². The van der Waals surface area contributed by atoms with Crippen molar-refractivity contribution in [1.29, 1.82) is 0 Å². The van der Waals surface area contributed by atoms with Crippen LogP contribution in [0.2, 0.25) is 0 Å². The molecule has 1 N–H and O–H groups in total. The highest BCUT2D eigenvalue weighted by Crippen LogP contribution is 2.27. The Morgan fingerprint density at radius 1 is 1.15 bits per heavy atom. The van der Waals surface area contributed by atoms with Gasteiger partial charge in [-0.3, -0.25) is 9.48 Å². The van der Waals surface area contributed by atoms with E-state index in [0.717, 1.165) is 23.3 Å². The molecule has 0 aliphatic heterocycles. The maximum absolute atomic E-state index is 12.6. The van der Waals surface area contributed by atoms with E-state index in [1.54, 1.807) is 24.2 Å². The quantitative estimate of drug-likeness (QED) is 0.705. The van der Waals surface area contributed by atoms with Gasteiger partial charge in [0.2, 0.25) is 0 Å². The maximum Gasteiger partial charge on any atom is 0.254 e. The SMILES string of the molecule is CCC(NC(=O)c1cnn(Cc2ccccc2)c1)c1ccccc1OC. The number of nitrogens with zero attached hydrogens (tertiary/aromatic N) is 2. The number of benzene rings is 2. The standard InChI is InChI=1S/C21H23N3O2/c1-3-19(18-11-7-8-12-20(18)26-2)23-21(25)17-13-22-24(15-17)14-16-9-5-4-6-10-16/h4-13,15,19H,3,14H2,1-2H3,(H,23,25). The zero-order valence-electron chi connectivity index (χ0n) is 15.1. The highest BCUT2D eigenvalue weighted by atomic mass is 16.5. The smallest absolute Gasteiger partial charge is 0.254 e. The van der Waals surface area contributed by atoms with Gasteiger partial charge < -0.3 is 10.1 Å². The van der Waals surface area contributed by atoms with Crippen LogP contribution in [0.4, 0.5) is 0 Å². The number of amides is 1. The predicted molar refractivity (Wildman–Crippen MR) is 101 cm³/mol. The van der Waals surface area contributed by atoms with Crippen LogP contribution in [-0.4, -0.2) is 22.8 Å². The first-order chi connectivity index (χ1) is 12.7. The normalized spacial score (nSPS) is 11.8. The summed E-state index contributed by atoms with van der Waals surface area (Å²) in [5.41, 5.74) is 2.67. The molecule has 0 bridgehead atoms. The summed E-state index contributed by atoms with van der Waals surface area (Å²) < 4.78 is 7.19. The van der Waals surface area contributed by atoms with E-state index in [1.807, 2.05) is 61.5 Å². The minimum absolute atomic E-state index is 0.115. The van der Waals surface area contributed by atoms with Gasteiger partial charge in [-0.15, -0.1) is 0 Å². The van der Waals surface area contributed by atoms with Crippen LogP contribution in [0.15, 0.2) is 67.0 Å². The van der Waals surface area contributed by atoms with E-state index in [9.17, 15) is 4.79 Å². The summed E-state index contributed by atoms with van der Waals surface area (Å²) in [6.45, 7) is 2.67. The summed E-state index contributed by atoms with van der Waals surface area (Å²) in [6.07, 6.45) is 4.15. The zero-order valence-corrected chi connectivity index (χ0v) is 15.1. The van der Waals surface area contributed by atoms with Gasteiger partial charge in [0.05, 0.1) is 31.5 Å². The summed E-state index contributed by atoms with van der Waals surface area (Å²) in [6, 6.07) is 17.7. The molecule has 0 saturated heterocycles. The Morgan fingerprint density at radius 2 is 1.88 bits per heavy atom. The van der Waals surface area contributed by atoms with Crippen LogP contribution in [-0.2, 0) is 6.54 Å². The predicted octanol–water partition coefficient (Wildman–Crippen LogP) is 3.82. The number of hydrogen-bond donors (Lipinski definition) is 1. The van der Waals surface area contributed by atoms with Crippen LogP contribution in [0.1, 0.15) is 40.9 Å². The second kappa shape index (κ2) is 8.34. The molecular weight excluding hydrogens is 326 g/mol. The van der Waals surface area contributed by atoms with Gasteiger partial charge in [0, 0.05) is 11.8 Å². The molecule has 5 heteroatoms. The van der Waals surface area contributed by atoms with Crippen molar-refractivity contribution < 1.29 is 9.53 Å². The van der Waals surface area contributed by atoms with E-state index in [1.165, 1.54) is 0 Å². The van der Waals surface area contributed by atoms with Crippen molar-refractivity contribution in [1.82, 2.24) is 15.1 Å². The van der Waals surface area contributed by atoms with E-state index >= 15 is 0 Å². The number of aromatic nitrogens is 2. The second-order valence-corrected chi connectivity index (χ2v) is 6.09. The number of methoxy groups -OCH3 is 1. The van der Waals surface area contributed by atoms with Gasteiger partial charge in [0.15, 0.2) is 0 Å². The average molecular weight is 349 g/mol. The zero-order chi connectivity index (χ0) is 18.4. The van der Waals surface area contributed by atoms with Crippen molar-refractivity contribution in [2.75, 3.05) is 7.11 Å². The molecule has 1 amide bonds. The van der Waals surface area contributed by atoms with E-state index in [-0.39, 0.29) is 11.9 Å². The van der Waals surface area contributed by atoms with Crippen LogP contribution >= 0.6 is 0 Å². The minimum Gasteiger partial charge on any atom is -0.496 e. The summed E-state index contributed by atoms with van der Waals surface area (Å²) >= 11 is 0. The van der Waals surface area contributed by atoms with Gasteiger partial charge in [-0.2, -0.15) is 5.10 Å². The number of hydrogen-bond acceptors (Lipinski definition) is 3. The number of carbonyl (C=O) groups is 1. The fraction of sp³-hybridized carbons (Fsp3) is 0.238. The third-order valence-corrected chi connectivity index (χ3v) is 4.31. The Balaban J connectivity index is 1.71. The van der Waals surface area contributed by atoms with Crippen LogP contribution < -0.4 is 10.1 Å². The molecule has 0 fully saturated rings. The molecule has 3 rings (SSSR count). The highest BCUT2D eigenvalue weighted by molar-refractivity contribution is 5.94. The molecule has 3 aromatic rings. The first kappa shape index (κ1) is 17.7. The van der Waals surface area contributed by atoms with E-state index in [4.69, 9.17) is 4.74 Å². The lowest BCUT2D eigenvalue weighted by Gasteiger charge is -2.19. The molecule has 0 spiro atoms. The van der Waals surface area contributed by atoms with Gasteiger partial charge in [0.25, 0.3) is 5.91 Å². The molecule has 1 aromatic heterocycles. The lowest BCUT2D eigenvalue weighted by atomic mass is 10.0. The third kappa shape index (κ3) is 4.11. The van der Waals surface area contributed by atoms with Crippen LogP contribution in [0.5, 0.6) is 5.75 Å². The molecular formula is C21H23N3O2. The lowest BCUT2D eigenvalue weighted by Crippen LogP contribution is -2.28. The lowest BCUT2D eigenvalue weighted by molar-refractivity contribution is 0.0935. The third-order valence-electron chi connectivity index (χ3n) is 4.31. The summed E-state index contributed by atoms with van der Waals surface area (Å²) in [4.78, 5) is 12.6. The molecule has 134 valence electrons. The topological polar surface area (TPSA) is 56.2 Å². The molecule has 1 unspecified atom stereocenters. The van der Waals surface area contributed by atoms with Crippen LogP contribution in [0.3, 0.4) is 0 Å². The monoisotopic (exact) mass is 349 g/mol. The minimum atomic E-state index is -0.137. The fourth-order valence-electron chi connectivity index (χ4n) is 2.93. The molecule has 0 aliphatic rings. The maximum atomic E-state index is 12.6. The fourth-order valence-corrected chi connectivity index (χ4v) is 2.93. The van der Waals surface area contributed by atoms with Crippen LogP contribution in [0.25, 0.3) is 0 Å². The van der Waals surface area contributed by atoms with E-state index in [2.05, 4.69) is 10.4 Å². The van der Waals surface area contributed by atoms with Gasteiger partial charge in [0.1, 0.15) is 5.75 Å². The molecule has 1 heterocycles. The second-order valence-electron chi connectivity index (χ2n) is 6.09. The van der Waals surface area contributed by atoms with Crippen molar-refractivity contribution in [3.8, 4) is 5.75 Å². The Hall–Kier alpha value is -3.08. The molecule has 0 aliphatic carbocycles. The average Bonchev–Trinajstić information content (AvgIpc) is 3.15. The van der Waals surface area contributed by atoms with Crippen molar-refractivity contribution in [2.45, 2.75) is 25.9 Å². The Kier molecular flexibility index (Phi) is 5.69. The molecule has 26 heavy (non-hydrogen) atoms. The molecule has 2 aromatic carbocycles. The number of ether oxygens (including phenoxy) is 1. The molecule has 5 nitrogen and oxygen atoms in total. The summed E-state index contributed by atoms with van der Waals surface area (Å²) in [5, 5.41) is 7.38. The number of carbonyl (C=O) groups excluding carboxylic acids is 1. The van der Waals surface area contributed by atoms with Gasteiger partial charge in [-0.1, -0.05) is 55.5 Å². The number of rotatable bonds is 7. The first-order valence-corrected chi connectivity index (χ1v) is 8.71. The number of nitrogens with one attached hydrogen (secondary N) is 1. The Labute approximate surface area is 153 Å². The Morgan fingerprint density at radius 3 is 2.62 bits per heavy atom. The van der Waals surface area contributed by atoms with Gasteiger partial charge in [-0.25, -0.2) is 0 Å². The van der Waals surface area contributed by atoms with Crippen molar-refractivity contribution in [2.24, 2.45) is 0 Å². The van der Waals surface area contributed by atoms with Gasteiger partial charge >= 0.3 is 0 Å². The van der Waals surface area contributed by atoms with Gasteiger partial charge in [-0.05, 0) is 18.1 Å². The summed E-state index contributed by atoms with van der Waals surface area (Å²) in [7, 11) is 1.64. The highest BCUT2D eigenvalue weighted by Gasteiger charge is 2.18. The van der Waals surface area contributed by atoms with Crippen LogP contribution in [0, 0.1) is 0 Å². The Bertz CT molecular complexity index is 858. The van der Waals surface area contributed by atoms with E-state index < -0.39 is 0 Å². The van der Waals surface area contributed by atoms with Crippen molar-refractivity contribution >= 4 is 5.91 Å². The molecule has 0 radical (unpaired) electrons. The molecule has 0 saturated carbocycles. The number of para-hydroxylation sites is 1. The first-order valence-electron chi connectivity index (χ1n) is 8.71. The largest absolute Gasteiger partial charge is 0.496 e. The van der Waals surface area contributed by atoms with Crippen molar-refractivity contribution in [3.63, 3.8) is 0 Å². The summed E-state index contributed by atoms with van der Waals surface area (Å²) in [5.74, 6) is 0.640. The molecule has 1 atom stereocenters. The van der Waals surface area contributed by atoms with E-state index in [0.29, 0.717) is 12.1 Å².